The van der Waals surface area contributed by atoms with Gasteiger partial charge in [0, 0.05) is 11.7 Å². The van der Waals surface area contributed by atoms with E-state index in [0.717, 1.165) is 11.8 Å². The first-order valence-electron chi connectivity index (χ1n) is 15.8. The minimum Gasteiger partial charge on any atom is -0.347 e. The maximum Gasteiger partial charge on any atom is 0.110 e. The van der Waals surface area contributed by atoms with E-state index in [-0.39, 0.29) is 11.7 Å². The van der Waals surface area contributed by atoms with Gasteiger partial charge in [0.25, 0.3) is 0 Å². The molecule has 7 rings (SSSR count). The van der Waals surface area contributed by atoms with Gasteiger partial charge in [0.1, 0.15) is 6.17 Å². The van der Waals surface area contributed by atoms with Gasteiger partial charge in [0.2, 0.25) is 0 Å². The summed E-state index contributed by atoms with van der Waals surface area (Å²) in [6, 6.07) is 26.7. The first-order chi connectivity index (χ1) is 19.0. The molecule has 1 saturated heterocycles. The standard InChI is InChI=1S/C37H46N2/c1-25-15-8-13-24-33(25)38-28(4)35-31-22-11-12-23-32(31)37(30-20-9-10-21-30,29-18-6-5-7-19-29)39(35)36(38)34-26(2)16-14-17-27(34)3/h8,11-17,22-24,28-30,35-36H,5-7,9-10,18-21H2,1-4H3/t28-,35?,36?,37?/m0/s1. The van der Waals surface area contributed by atoms with Crippen LogP contribution in [0.15, 0.2) is 66.7 Å². The van der Waals surface area contributed by atoms with Crippen LogP contribution in [0.5, 0.6) is 0 Å². The van der Waals surface area contributed by atoms with Crippen LogP contribution in [0, 0.1) is 32.6 Å². The zero-order chi connectivity index (χ0) is 26.7. The molecule has 0 spiro atoms. The molecule has 2 aliphatic carbocycles. The Bertz CT molecular complexity index is 1330. The molecule has 204 valence electrons. The van der Waals surface area contributed by atoms with E-state index in [0.29, 0.717) is 12.1 Å². The third kappa shape index (κ3) is 3.63. The average molecular weight is 519 g/mol. The van der Waals surface area contributed by atoms with E-state index < -0.39 is 0 Å². The predicted octanol–water partition coefficient (Wildman–Crippen LogP) is 9.54. The number of para-hydroxylation sites is 1. The molecular weight excluding hydrogens is 472 g/mol. The fraction of sp³-hybridized carbons (Fsp3) is 0.514. The van der Waals surface area contributed by atoms with Gasteiger partial charge >= 0.3 is 0 Å². The van der Waals surface area contributed by atoms with Crippen molar-refractivity contribution in [3.63, 3.8) is 0 Å². The lowest BCUT2D eigenvalue weighted by Crippen LogP contribution is -2.54. The van der Waals surface area contributed by atoms with Crippen LogP contribution in [0.3, 0.4) is 0 Å². The molecule has 3 aromatic rings. The molecule has 2 heteroatoms. The number of anilines is 1. The summed E-state index contributed by atoms with van der Waals surface area (Å²) < 4.78 is 0. The summed E-state index contributed by atoms with van der Waals surface area (Å²) in [5.74, 6) is 1.47. The van der Waals surface area contributed by atoms with Crippen molar-refractivity contribution in [2.75, 3.05) is 4.90 Å². The molecule has 2 nitrogen and oxygen atoms in total. The summed E-state index contributed by atoms with van der Waals surface area (Å²) in [5, 5.41) is 0. The Morgan fingerprint density at radius 3 is 1.87 bits per heavy atom. The Labute approximate surface area is 236 Å². The zero-order valence-electron chi connectivity index (χ0n) is 24.5. The van der Waals surface area contributed by atoms with Gasteiger partial charge in [-0.25, -0.2) is 0 Å². The number of benzene rings is 3. The fourth-order valence-corrected chi connectivity index (χ4v) is 9.81. The van der Waals surface area contributed by atoms with Crippen molar-refractivity contribution in [2.24, 2.45) is 11.8 Å². The molecule has 0 amide bonds. The molecule has 0 aromatic heterocycles. The molecule has 0 bridgehead atoms. The van der Waals surface area contributed by atoms with Gasteiger partial charge in [-0.1, -0.05) is 92.8 Å². The molecular formula is C37H46N2. The van der Waals surface area contributed by atoms with Gasteiger partial charge in [0.15, 0.2) is 0 Å². The minimum atomic E-state index is 0.114. The van der Waals surface area contributed by atoms with Crippen LogP contribution in [0.2, 0.25) is 0 Å². The van der Waals surface area contributed by atoms with Crippen LogP contribution in [0.1, 0.15) is 110 Å². The summed E-state index contributed by atoms with van der Waals surface area (Å²) >= 11 is 0. The molecule has 2 saturated carbocycles. The smallest absolute Gasteiger partial charge is 0.110 e. The van der Waals surface area contributed by atoms with Crippen LogP contribution >= 0.6 is 0 Å². The molecule has 2 heterocycles. The quantitative estimate of drug-likeness (QED) is 0.339. The number of hydrogen-bond acceptors (Lipinski definition) is 2. The third-order valence-electron chi connectivity index (χ3n) is 11.3. The van der Waals surface area contributed by atoms with E-state index in [2.05, 4.69) is 104 Å². The number of rotatable bonds is 4. The Morgan fingerprint density at radius 1 is 0.641 bits per heavy atom. The number of hydrogen-bond donors (Lipinski definition) is 0. The minimum absolute atomic E-state index is 0.114. The highest BCUT2D eigenvalue weighted by Crippen LogP contribution is 2.67. The SMILES string of the molecule is Cc1ccccc1N1C(c2c(C)cccc2C)N2C(c3ccccc3C2(C2CCCCC2)C2CCCC2)[C@@H]1C. The van der Waals surface area contributed by atoms with E-state index in [4.69, 9.17) is 0 Å². The summed E-state index contributed by atoms with van der Waals surface area (Å²) in [6.45, 7) is 9.56. The van der Waals surface area contributed by atoms with Crippen molar-refractivity contribution in [3.05, 3.63) is 100 Å². The summed E-state index contributed by atoms with van der Waals surface area (Å²) in [4.78, 5) is 5.99. The first kappa shape index (κ1) is 25.4. The van der Waals surface area contributed by atoms with Gasteiger partial charge in [-0.15, -0.1) is 0 Å². The largest absolute Gasteiger partial charge is 0.347 e. The zero-order valence-corrected chi connectivity index (χ0v) is 24.5. The molecule has 2 aliphatic heterocycles. The highest BCUT2D eigenvalue weighted by atomic mass is 15.5. The number of nitrogens with zero attached hydrogens (tertiary/aromatic N) is 2. The van der Waals surface area contributed by atoms with Crippen molar-refractivity contribution in [1.29, 1.82) is 0 Å². The third-order valence-corrected chi connectivity index (χ3v) is 11.3. The van der Waals surface area contributed by atoms with Gasteiger partial charge in [-0.05, 0) is 105 Å². The summed E-state index contributed by atoms with van der Waals surface area (Å²) in [7, 11) is 0. The maximum absolute atomic E-state index is 3.15. The second-order valence-corrected chi connectivity index (χ2v) is 13.2. The molecule has 3 fully saturated rings. The van der Waals surface area contributed by atoms with Gasteiger partial charge in [-0.2, -0.15) is 0 Å². The second-order valence-electron chi connectivity index (χ2n) is 13.2. The lowest BCUT2D eigenvalue weighted by molar-refractivity contribution is -0.0536. The molecule has 3 unspecified atom stereocenters. The van der Waals surface area contributed by atoms with Gasteiger partial charge in [-0.3, -0.25) is 4.90 Å². The molecule has 0 N–H and O–H groups in total. The maximum atomic E-state index is 3.15. The molecule has 4 aliphatic rings. The monoisotopic (exact) mass is 518 g/mol. The van der Waals surface area contributed by atoms with Crippen molar-refractivity contribution >= 4 is 5.69 Å². The van der Waals surface area contributed by atoms with E-state index in [1.54, 1.807) is 16.7 Å². The number of aryl methyl sites for hydroxylation is 3. The Balaban J connectivity index is 1.54. The molecule has 4 atom stereocenters. The van der Waals surface area contributed by atoms with Crippen LogP contribution in [-0.4, -0.2) is 10.9 Å². The topological polar surface area (TPSA) is 6.48 Å². The normalized spacial score (nSPS) is 29.6. The van der Waals surface area contributed by atoms with Gasteiger partial charge in [0.05, 0.1) is 11.6 Å². The Morgan fingerprint density at radius 2 is 1.21 bits per heavy atom. The van der Waals surface area contributed by atoms with Crippen molar-refractivity contribution < 1.29 is 0 Å². The van der Waals surface area contributed by atoms with Crippen LogP contribution < -0.4 is 4.90 Å². The molecule has 39 heavy (non-hydrogen) atoms. The average Bonchev–Trinajstić information content (AvgIpc) is 3.65. The highest BCUT2D eigenvalue weighted by Gasteiger charge is 2.65. The molecule has 3 aromatic carbocycles. The summed E-state index contributed by atoms with van der Waals surface area (Å²) in [6.07, 6.45) is 12.7. The van der Waals surface area contributed by atoms with Crippen molar-refractivity contribution in [1.82, 2.24) is 4.90 Å². The van der Waals surface area contributed by atoms with Gasteiger partial charge < -0.3 is 4.90 Å². The van der Waals surface area contributed by atoms with Crippen molar-refractivity contribution in [2.45, 2.75) is 109 Å². The van der Waals surface area contributed by atoms with E-state index in [1.165, 1.54) is 80.2 Å². The first-order valence-corrected chi connectivity index (χ1v) is 15.8. The second kappa shape index (κ2) is 9.81. The van der Waals surface area contributed by atoms with Crippen molar-refractivity contribution in [3.8, 4) is 0 Å². The van der Waals surface area contributed by atoms with Crippen LogP contribution in [-0.2, 0) is 5.54 Å². The highest BCUT2D eigenvalue weighted by molar-refractivity contribution is 5.61. The number of fused-ring (bicyclic) bond motifs is 3. The van der Waals surface area contributed by atoms with E-state index >= 15 is 0 Å². The lowest BCUT2D eigenvalue weighted by atomic mass is 9.63. The fourth-order valence-electron chi connectivity index (χ4n) is 9.81. The lowest BCUT2D eigenvalue weighted by Gasteiger charge is -2.53. The van der Waals surface area contributed by atoms with Crippen LogP contribution in [0.25, 0.3) is 0 Å². The van der Waals surface area contributed by atoms with Crippen LogP contribution in [0.4, 0.5) is 5.69 Å². The predicted molar refractivity (Wildman–Crippen MR) is 163 cm³/mol. The Hall–Kier alpha value is -2.58. The van der Waals surface area contributed by atoms with E-state index in [9.17, 15) is 0 Å². The summed E-state index contributed by atoms with van der Waals surface area (Å²) in [5.41, 5.74) is 10.6. The van der Waals surface area contributed by atoms with E-state index in [1.807, 2.05) is 0 Å². The Kier molecular flexibility index (Phi) is 6.38. The molecule has 0 radical (unpaired) electrons.